The van der Waals surface area contributed by atoms with Gasteiger partial charge in [0.15, 0.2) is 0 Å². The number of carbonyl (C=O) groups is 2. The zero-order chi connectivity index (χ0) is 30.6. The summed E-state index contributed by atoms with van der Waals surface area (Å²) in [5.41, 5.74) is 7.93. The van der Waals surface area contributed by atoms with E-state index in [2.05, 4.69) is 46.0 Å². The largest absolute Gasteiger partial charge is 0.490 e. The number of nitrogens with two attached hydrogens (primary N) is 1. The van der Waals surface area contributed by atoms with Gasteiger partial charge in [0.25, 0.3) is 0 Å². The molecule has 0 radical (unpaired) electrons. The molecule has 0 aromatic heterocycles. The summed E-state index contributed by atoms with van der Waals surface area (Å²) in [5.74, 6) is 2.42. The van der Waals surface area contributed by atoms with Gasteiger partial charge in [-0.05, 0) is 91.3 Å². The molecule has 4 aliphatic rings. The van der Waals surface area contributed by atoms with E-state index in [0.717, 1.165) is 54.8 Å². The summed E-state index contributed by atoms with van der Waals surface area (Å²) in [5, 5.41) is 9.89. The highest BCUT2D eigenvalue weighted by molar-refractivity contribution is 5.73. The lowest BCUT2D eigenvalue weighted by Gasteiger charge is -2.58. The quantitative estimate of drug-likeness (QED) is 0.253. The van der Waals surface area contributed by atoms with E-state index in [-0.39, 0.29) is 12.2 Å². The van der Waals surface area contributed by atoms with E-state index in [1.807, 2.05) is 0 Å². The maximum Gasteiger partial charge on any atom is 0.490 e. The highest BCUT2D eigenvalue weighted by Gasteiger charge is 2.59. The van der Waals surface area contributed by atoms with Crippen LogP contribution < -0.4 is 11.1 Å². The van der Waals surface area contributed by atoms with Gasteiger partial charge in [0.2, 0.25) is 0 Å². The van der Waals surface area contributed by atoms with Crippen molar-refractivity contribution in [1.82, 2.24) is 5.32 Å². The molecule has 0 aliphatic heterocycles. The fourth-order valence-electron chi connectivity index (χ4n) is 9.12. The number of nitrogens with one attached hydrogen (secondary N) is 1. The van der Waals surface area contributed by atoms with Crippen molar-refractivity contribution in [2.45, 2.75) is 118 Å². The molecule has 0 unspecified atom stereocenters. The van der Waals surface area contributed by atoms with Gasteiger partial charge < -0.3 is 20.9 Å². The van der Waals surface area contributed by atoms with Gasteiger partial charge in [0, 0.05) is 19.5 Å². The molecule has 0 spiro atoms. The molecule has 0 aromatic rings. The first-order valence-corrected chi connectivity index (χ1v) is 15.8. The smallest absolute Gasteiger partial charge is 0.475 e. The Morgan fingerprint density at radius 1 is 1.10 bits per heavy atom. The molecule has 4 N–H and O–H groups in total. The van der Waals surface area contributed by atoms with E-state index in [1.165, 1.54) is 51.4 Å². The molecule has 41 heavy (non-hydrogen) atoms. The Balaban J connectivity index is 0.000000587. The first-order chi connectivity index (χ1) is 19.1. The van der Waals surface area contributed by atoms with E-state index >= 15 is 0 Å². The molecule has 0 bridgehead atoms. The molecule has 8 atom stereocenters. The van der Waals surface area contributed by atoms with Crippen molar-refractivity contribution in [3.8, 4) is 0 Å². The number of aliphatic carboxylic acids is 1. The van der Waals surface area contributed by atoms with Gasteiger partial charge in [-0.3, -0.25) is 0 Å². The lowest BCUT2D eigenvalue weighted by Crippen LogP contribution is -2.51. The average molecular weight is 587 g/mol. The third-order valence-electron chi connectivity index (χ3n) is 11.2. The third-order valence-corrected chi connectivity index (χ3v) is 11.2. The third kappa shape index (κ3) is 7.80. The number of carboxylic acid groups (broad SMARTS) is 1. The number of hydrogen-bond acceptors (Lipinski definition) is 4. The highest BCUT2D eigenvalue weighted by atomic mass is 19.4. The van der Waals surface area contributed by atoms with Crippen molar-refractivity contribution >= 4 is 12.1 Å². The van der Waals surface area contributed by atoms with Crippen molar-refractivity contribution in [2.24, 2.45) is 52.1 Å². The molecule has 3 fully saturated rings. The summed E-state index contributed by atoms with van der Waals surface area (Å²) in [6.07, 6.45) is 11.4. The second-order valence-electron chi connectivity index (χ2n) is 14.1. The van der Waals surface area contributed by atoms with Crippen molar-refractivity contribution < 1.29 is 32.6 Å². The van der Waals surface area contributed by atoms with Gasteiger partial charge in [-0.25, -0.2) is 9.59 Å². The Hall–Kier alpha value is -1.77. The molecule has 0 saturated heterocycles. The molecule has 236 valence electrons. The number of carbonyl (C=O) groups excluding carboxylic acids is 1. The summed E-state index contributed by atoms with van der Waals surface area (Å²) in [6.45, 7) is 13.4. The van der Waals surface area contributed by atoms with E-state index < -0.39 is 12.1 Å². The van der Waals surface area contributed by atoms with Crippen LogP contribution >= 0.6 is 0 Å². The minimum Gasteiger partial charge on any atom is -0.475 e. The molecule has 6 nitrogen and oxygen atoms in total. The standard InChI is InChI=1S/C30H52N2O2.C2HF3O2/c1-20(2)7-6-8-21(3)25-11-12-26-24-10-9-22-19-23(34-28(33)32-18-17-31)13-15-29(22,4)27(24)14-16-30(25,26)5;3-2(4,5)1(6)7/h9,20-21,23-27H,6-8,10-19,31H2,1-5H3,(H,32,33);(H,6,7)/t21-,23+,24+,25-,26+,27+,29+,30-;/m1./s1. The van der Waals surface area contributed by atoms with Crippen LogP contribution in [0.5, 0.6) is 0 Å². The van der Waals surface area contributed by atoms with Crippen LogP contribution in [0.3, 0.4) is 0 Å². The maximum atomic E-state index is 12.1. The molecule has 4 rings (SSSR count). The van der Waals surface area contributed by atoms with Crippen LogP contribution in [0, 0.1) is 46.3 Å². The van der Waals surface area contributed by atoms with E-state index in [1.54, 1.807) is 5.57 Å². The first-order valence-electron chi connectivity index (χ1n) is 15.8. The molecule has 0 heterocycles. The Labute approximate surface area is 244 Å². The summed E-state index contributed by atoms with van der Waals surface area (Å²) in [7, 11) is 0. The van der Waals surface area contributed by atoms with Crippen LogP contribution in [-0.4, -0.2) is 42.5 Å². The number of alkyl carbamates (subject to hydrolysis) is 1. The second kappa shape index (κ2) is 13.7. The predicted octanol–water partition coefficient (Wildman–Crippen LogP) is 7.71. The lowest BCUT2D eigenvalue weighted by molar-refractivity contribution is -0.192. The number of alkyl halides is 3. The topological polar surface area (TPSA) is 102 Å². The summed E-state index contributed by atoms with van der Waals surface area (Å²) < 4.78 is 37.5. The van der Waals surface area contributed by atoms with Crippen molar-refractivity contribution in [3.63, 3.8) is 0 Å². The number of carboxylic acids is 1. The molecule has 1 amide bonds. The molecular weight excluding hydrogens is 533 g/mol. The SMILES string of the molecule is CC(C)CCC[C@@H](C)[C@H]1CC[C@H]2[C@@H]3CC=C4C[C@@H](OC(=O)NCCN)CC[C@]4(C)[C@H]3CC[C@]12C.O=C(O)C(F)(F)F. The highest BCUT2D eigenvalue weighted by Crippen LogP contribution is 2.67. The Morgan fingerprint density at radius 2 is 1.78 bits per heavy atom. The Morgan fingerprint density at radius 3 is 2.39 bits per heavy atom. The minimum absolute atomic E-state index is 0.0186. The summed E-state index contributed by atoms with van der Waals surface area (Å²) in [6, 6.07) is 0. The maximum absolute atomic E-state index is 12.1. The monoisotopic (exact) mass is 586 g/mol. The fourth-order valence-corrected chi connectivity index (χ4v) is 9.12. The van der Waals surface area contributed by atoms with Gasteiger partial charge >= 0.3 is 18.2 Å². The number of ether oxygens (including phenoxy) is 1. The molecule has 9 heteroatoms. The number of rotatable bonds is 8. The number of allylic oxidation sites excluding steroid dienone is 1. The predicted molar refractivity (Wildman–Crippen MR) is 154 cm³/mol. The number of amides is 1. The van der Waals surface area contributed by atoms with Gasteiger partial charge in [-0.2, -0.15) is 13.2 Å². The molecule has 4 aliphatic carbocycles. The number of hydrogen-bond donors (Lipinski definition) is 3. The Bertz CT molecular complexity index is 938. The molecular formula is C32H53F3N2O4. The zero-order valence-corrected chi connectivity index (χ0v) is 25.7. The van der Waals surface area contributed by atoms with Crippen LogP contribution in [0.25, 0.3) is 0 Å². The summed E-state index contributed by atoms with van der Waals surface area (Å²) >= 11 is 0. The van der Waals surface area contributed by atoms with Crippen LogP contribution in [0.1, 0.15) is 105 Å². The first kappa shape index (κ1) is 33.7. The van der Waals surface area contributed by atoms with Gasteiger partial charge in [0.05, 0.1) is 0 Å². The zero-order valence-electron chi connectivity index (χ0n) is 25.7. The van der Waals surface area contributed by atoms with Crippen LogP contribution in [0.2, 0.25) is 0 Å². The minimum atomic E-state index is -5.08. The van der Waals surface area contributed by atoms with Crippen LogP contribution in [0.15, 0.2) is 11.6 Å². The second-order valence-corrected chi connectivity index (χ2v) is 14.1. The van der Waals surface area contributed by atoms with Gasteiger partial charge in [0.1, 0.15) is 6.10 Å². The van der Waals surface area contributed by atoms with Crippen LogP contribution in [-0.2, 0) is 9.53 Å². The van der Waals surface area contributed by atoms with Crippen molar-refractivity contribution in [2.75, 3.05) is 13.1 Å². The van der Waals surface area contributed by atoms with E-state index in [0.29, 0.717) is 23.9 Å². The number of fused-ring (bicyclic) bond motifs is 5. The summed E-state index contributed by atoms with van der Waals surface area (Å²) in [4.78, 5) is 21.0. The molecule has 0 aromatic carbocycles. The number of halogens is 3. The van der Waals surface area contributed by atoms with Crippen molar-refractivity contribution in [1.29, 1.82) is 0 Å². The van der Waals surface area contributed by atoms with Crippen LogP contribution in [0.4, 0.5) is 18.0 Å². The van der Waals surface area contributed by atoms with E-state index in [4.69, 9.17) is 20.4 Å². The Kier molecular flexibility index (Phi) is 11.3. The fraction of sp³-hybridized carbons (Fsp3) is 0.875. The lowest BCUT2D eigenvalue weighted by atomic mass is 9.47. The van der Waals surface area contributed by atoms with Gasteiger partial charge in [-0.1, -0.05) is 65.5 Å². The van der Waals surface area contributed by atoms with Crippen molar-refractivity contribution in [3.05, 3.63) is 11.6 Å². The molecule has 3 saturated carbocycles. The average Bonchev–Trinajstić information content (AvgIpc) is 3.24. The van der Waals surface area contributed by atoms with E-state index in [9.17, 15) is 18.0 Å². The normalized spacial score (nSPS) is 35.2. The van der Waals surface area contributed by atoms with Gasteiger partial charge in [-0.15, -0.1) is 0 Å².